The van der Waals surface area contributed by atoms with Crippen LogP contribution in [0, 0.1) is 10.1 Å². The van der Waals surface area contributed by atoms with Gasteiger partial charge in [0.15, 0.2) is 0 Å². The van der Waals surface area contributed by atoms with E-state index in [9.17, 15) is 10.1 Å². The van der Waals surface area contributed by atoms with Gasteiger partial charge in [0.25, 0.3) is 0 Å². The zero-order chi connectivity index (χ0) is 13.4. The molecule has 1 rings (SSSR count). The lowest BCUT2D eigenvalue weighted by Gasteiger charge is -2.07. The molecule has 0 spiro atoms. The molecule has 0 aliphatic rings. The van der Waals surface area contributed by atoms with Crippen molar-refractivity contribution in [3.05, 3.63) is 26.9 Å². The number of aromatic nitrogens is 1. The SMILES string of the molecule is COCCNCCNc1ncc(Br)cc1[N+](=O)[O-]. The van der Waals surface area contributed by atoms with Crippen LogP contribution in [-0.4, -0.2) is 43.3 Å². The van der Waals surface area contributed by atoms with E-state index >= 15 is 0 Å². The topological polar surface area (TPSA) is 89.3 Å². The number of anilines is 1. The van der Waals surface area contributed by atoms with E-state index < -0.39 is 4.92 Å². The number of ether oxygens (including phenoxy) is 1. The van der Waals surface area contributed by atoms with Gasteiger partial charge in [0.2, 0.25) is 5.82 Å². The summed E-state index contributed by atoms with van der Waals surface area (Å²) in [7, 11) is 1.63. The van der Waals surface area contributed by atoms with E-state index in [0.29, 0.717) is 24.2 Å². The van der Waals surface area contributed by atoms with Crippen molar-refractivity contribution in [3.8, 4) is 0 Å². The molecule has 2 N–H and O–H groups in total. The van der Waals surface area contributed by atoms with E-state index in [1.54, 1.807) is 7.11 Å². The van der Waals surface area contributed by atoms with Crippen LogP contribution in [0.1, 0.15) is 0 Å². The summed E-state index contributed by atoms with van der Waals surface area (Å²) in [5.41, 5.74) is -0.0405. The maximum atomic E-state index is 10.8. The number of hydrogen-bond donors (Lipinski definition) is 2. The molecule has 0 unspecified atom stereocenters. The molecule has 1 aromatic rings. The van der Waals surface area contributed by atoms with Gasteiger partial charge in [-0.1, -0.05) is 0 Å². The predicted octanol–water partition coefficient (Wildman–Crippen LogP) is 1.40. The Morgan fingerprint density at radius 3 is 2.94 bits per heavy atom. The molecule has 8 heteroatoms. The summed E-state index contributed by atoms with van der Waals surface area (Å²) in [5, 5.41) is 16.9. The molecule has 0 atom stereocenters. The smallest absolute Gasteiger partial charge is 0.312 e. The van der Waals surface area contributed by atoms with Gasteiger partial charge in [-0.05, 0) is 15.9 Å². The van der Waals surface area contributed by atoms with Crippen LogP contribution in [0.5, 0.6) is 0 Å². The summed E-state index contributed by atoms with van der Waals surface area (Å²) in [6, 6.07) is 1.42. The van der Waals surface area contributed by atoms with Crippen molar-refractivity contribution in [2.24, 2.45) is 0 Å². The maximum absolute atomic E-state index is 10.8. The second-order valence-electron chi connectivity index (χ2n) is 3.45. The van der Waals surface area contributed by atoms with Crippen LogP contribution in [0.3, 0.4) is 0 Å². The summed E-state index contributed by atoms with van der Waals surface area (Å²) in [4.78, 5) is 14.3. The highest BCUT2D eigenvalue weighted by atomic mass is 79.9. The normalized spacial score (nSPS) is 10.3. The summed E-state index contributed by atoms with van der Waals surface area (Å²) in [6.07, 6.45) is 1.52. The third-order valence-corrected chi connectivity index (χ3v) is 2.54. The fourth-order valence-electron chi connectivity index (χ4n) is 1.27. The number of nitrogens with zero attached hydrogens (tertiary/aromatic N) is 2. The molecule has 0 aromatic carbocycles. The van der Waals surface area contributed by atoms with Gasteiger partial charge >= 0.3 is 5.69 Å². The molecule has 0 amide bonds. The monoisotopic (exact) mass is 318 g/mol. The first-order chi connectivity index (χ1) is 8.65. The first-order valence-electron chi connectivity index (χ1n) is 5.38. The Kier molecular flexibility index (Phi) is 6.55. The maximum Gasteiger partial charge on any atom is 0.312 e. The Hall–Kier alpha value is -1.25. The van der Waals surface area contributed by atoms with Crippen LogP contribution in [0.4, 0.5) is 11.5 Å². The van der Waals surface area contributed by atoms with Gasteiger partial charge in [-0.2, -0.15) is 0 Å². The third-order valence-electron chi connectivity index (χ3n) is 2.11. The molecular weight excluding hydrogens is 304 g/mol. The van der Waals surface area contributed by atoms with Gasteiger partial charge < -0.3 is 15.4 Å². The second kappa shape index (κ2) is 7.96. The lowest BCUT2D eigenvalue weighted by molar-refractivity contribution is -0.384. The largest absolute Gasteiger partial charge is 0.383 e. The number of nitro groups is 1. The van der Waals surface area contributed by atoms with Crippen molar-refractivity contribution in [2.45, 2.75) is 0 Å². The van der Waals surface area contributed by atoms with E-state index in [4.69, 9.17) is 4.74 Å². The quantitative estimate of drug-likeness (QED) is 0.428. The first-order valence-corrected chi connectivity index (χ1v) is 6.18. The highest BCUT2D eigenvalue weighted by molar-refractivity contribution is 9.10. The number of hydrogen-bond acceptors (Lipinski definition) is 6. The summed E-state index contributed by atoms with van der Waals surface area (Å²) < 4.78 is 5.46. The van der Waals surface area contributed by atoms with E-state index in [1.165, 1.54) is 12.3 Å². The minimum atomic E-state index is -0.460. The fourth-order valence-corrected chi connectivity index (χ4v) is 1.59. The highest BCUT2D eigenvalue weighted by Crippen LogP contribution is 2.24. The average molecular weight is 319 g/mol. The molecular formula is C10H15BrN4O3. The third kappa shape index (κ3) is 4.94. The molecule has 1 heterocycles. The average Bonchev–Trinajstić information content (AvgIpc) is 2.35. The molecule has 0 saturated carbocycles. The van der Waals surface area contributed by atoms with Gasteiger partial charge in [-0.25, -0.2) is 4.98 Å². The van der Waals surface area contributed by atoms with E-state index in [1.807, 2.05) is 0 Å². The van der Waals surface area contributed by atoms with Gasteiger partial charge in [0.1, 0.15) is 0 Å². The first kappa shape index (κ1) is 14.8. The Morgan fingerprint density at radius 2 is 2.28 bits per heavy atom. The summed E-state index contributed by atoms with van der Waals surface area (Å²) in [6.45, 7) is 2.61. The van der Waals surface area contributed by atoms with Gasteiger partial charge in [-0.3, -0.25) is 10.1 Å². The van der Waals surface area contributed by atoms with E-state index in [0.717, 1.165) is 6.54 Å². The van der Waals surface area contributed by atoms with Crippen LogP contribution in [0.25, 0.3) is 0 Å². The molecule has 18 heavy (non-hydrogen) atoms. The van der Waals surface area contributed by atoms with E-state index in [-0.39, 0.29) is 11.5 Å². The Labute approximate surface area is 113 Å². The second-order valence-corrected chi connectivity index (χ2v) is 4.36. The molecule has 100 valence electrons. The summed E-state index contributed by atoms with van der Waals surface area (Å²) in [5.74, 6) is 0.275. The van der Waals surface area contributed by atoms with Crippen LogP contribution >= 0.6 is 15.9 Å². The lowest BCUT2D eigenvalue weighted by atomic mass is 10.4. The van der Waals surface area contributed by atoms with Crippen LogP contribution < -0.4 is 10.6 Å². The number of nitrogens with one attached hydrogen (secondary N) is 2. The van der Waals surface area contributed by atoms with Crippen molar-refractivity contribution < 1.29 is 9.66 Å². The molecule has 0 radical (unpaired) electrons. The molecule has 0 bridgehead atoms. The molecule has 7 nitrogen and oxygen atoms in total. The van der Waals surface area contributed by atoms with Crippen molar-refractivity contribution >= 4 is 27.4 Å². The molecule has 0 saturated heterocycles. The zero-order valence-electron chi connectivity index (χ0n) is 9.98. The molecule has 0 aliphatic carbocycles. The Morgan fingerprint density at radius 1 is 1.50 bits per heavy atom. The molecule has 0 fully saturated rings. The molecule has 1 aromatic heterocycles. The predicted molar refractivity (Wildman–Crippen MR) is 71.8 cm³/mol. The molecule has 0 aliphatic heterocycles. The van der Waals surface area contributed by atoms with Crippen LogP contribution in [0.15, 0.2) is 16.7 Å². The lowest BCUT2D eigenvalue weighted by Crippen LogP contribution is -2.25. The summed E-state index contributed by atoms with van der Waals surface area (Å²) >= 11 is 3.15. The van der Waals surface area contributed by atoms with Gasteiger partial charge in [0, 0.05) is 43.5 Å². The fraction of sp³-hybridized carbons (Fsp3) is 0.500. The van der Waals surface area contributed by atoms with Gasteiger partial charge in [0.05, 0.1) is 11.5 Å². The number of halogens is 1. The van der Waals surface area contributed by atoms with E-state index in [2.05, 4.69) is 31.5 Å². The van der Waals surface area contributed by atoms with Crippen molar-refractivity contribution in [3.63, 3.8) is 0 Å². The van der Waals surface area contributed by atoms with Crippen molar-refractivity contribution in [1.29, 1.82) is 0 Å². The van der Waals surface area contributed by atoms with Gasteiger partial charge in [-0.15, -0.1) is 0 Å². The van der Waals surface area contributed by atoms with Crippen molar-refractivity contribution in [2.75, 3.05) is 38.7 Å². The zero-order valence-corrected chi connectivity index (χ0v) is 11.6. The van der Waals surface area contributed by atoms with Crippen LogP contribution in [-0.2, 0) is 4.74 Å². The highest BCUT2D eigenvalue weighted by Gasteiger charge is 2.14. The number of rotatable bonds is 8. The van der Waals surface area contributed by atoms with Crippen LogP contribution in [0.2, 0.25) is 0 Å². The minimum absolute atomic E-state index is 0.0405. The number of pyridine rings is 1. The Bertz CT molecular complexity index is 403. The van der Waals surface area contributed by atoms with Crippen molar-refractivity contribution in [1.82, 2.24) is 10.3 Å². The Balaban J connectivity index is 2.44. The standard InChI is InChI=1S/C10H15BrN4O3/c1-18-5-4-12-2-3-13-10-9(15(16)17)6-8(11)7-14-10/h6-7,12H,2-5H2,1H3,(H,13,14). The minimum Gasteiger partial charge on any atom is -0.383 e. The number of methoxy groups -OCH3 is 1.